The van der Waals surface area contributed by atoms with Crippen molar-refractivity contribution >= 4 is 12.0 Å². The van der Waals surface area contributed by atoms with Crippen molar-refractivity contribution in [2.45, 2.75) is 57.8 Å². The summed E-state index contributed by atoms with van der Waals surface area (Å²) < 4.78 is 5.08. The van der Waals surface area contributed by atoms with Gasteiger partial charge >= 0.3 is 6.09 Å². The number of aryl methyl sites for hydroxylation is 1. The molecule has 0 aromatic heterocycles. The fourth-order valence-electron chi connectivity index (χ4n) is 7.17. The highest BCUT2D eigenvalue weighted by Crippen LogP contribution is 2.60. The molecule has 1 aliphatic heterocycles. The van der Waals surface area contributed by atoms with Gasteiger partial charge in [-0.1, -0.05) is 12.1 Å². The summed E-state index contributed by atoms with van der Waals surface area (Å²) in [5, 5.41) is 0. The molecule has 4 bridgehead atoms. The first-order valence-corrected chi connectivity index (χ1v) is 11.8. The normalized spacial score (nSPS) is 32.4. The lowest BCUT2D eigenvalue weighted by atomic mass is 9.48. The van der Waals surface area contributed by atoms with E-state index in [0.717, 1.165) is 28.9 Å². The maximum absolute atomic E-state index is 13.2. The summed E-state index contributed by atoms with van der Waals surface area (Å²) in [4.78, 5) is 28.6. The lowest BCUT2D eigenvalue weighted by Crippen LogP contribution is -2.51. The quantitative estimate of drug-likeness (QED) is 0.743. The molecule has 0 radical (unpaired) electrons. The molecular weight excluding hydrogens is 376 g/mol. The van der Waals surface area contributed by atoms with E-state index in [2.05, 4.69) is 25.1 Å². The molecule has 0 atom stereocenters. The highest BCUT2D eigenvalue weighted by Gasteiger charge is 2.51. The highest BCUT2D eigenvalue weighted by molar-refractivity contribution is 5.96. The van der Waals surface area contributed by atoms with Crippen LogP contribution in [0.15, 0.2) is 18.2 Å². The van der Waals surface area contributed by atoms with Crippen LogP contribution in [0.3, 0.4) is 0 Å². The Hall–Kier alpha value is -2.04. The van der Waals surface area contributed by atoms with Crippen LogP contribution >= 0.6 is 0 Å². The van der Waals surface area contributed by atoms with Gasteiger partial charge in [-0.25, -0.2) is 4.79 Å². The minimum absolute atomic E-state index is 0.0908. The maximum atomic E-state index is 13.2. The van der Waals surface area contributed by atoms with E-state index >= 15 is 0 Å². The molecular formula is C25H34N2O3. The molecule has 1 saturated heterocycles. The number of carbonyl (C=O) groups is 2. The van der Waals surface area contributed by atoms with Crippen molar-refractivity contribution in [3.63, 3.8) is 0 Å². The molecule has 0 spiro atoms. The summed E-state index contributed by atoms with van der Waals surface area (Å²) in [5.41, 5.74) is 3.75. The molecule has 1 aromatic carbocycles. The van der Waals surface area contributed by atoms with E-state index in [1.54, 1.807) is 4.90 Å². The molecule has 0 unspecified atom stereocenters. The van der Waals surface area contributed by atoms with Crippen molar-refractivity contribution in [1.29, 1.82) is 0 Å². The molecule has 4 saturated carbocycles. The Labute approximate surface area is 179 Å². The van der Waals surface area contributed by atoms with Crippen LogP contribution < -0.4 is 0 Å². The highest BCUT2D eigenvalue weighted by atomic mass is 16.6. The topological polar surface area (TPSA) is 49.9 Å². The van der Waals surface area contributed by atoms with Crippen LogP contribution in [-0.2, 0) is 10.2 Å². The summed E-state index contributed by atoms with van der Waals surface area (Å²) in [6.45, 7) is 6.48. The Morgan fingerprint density at radius 3 is 2.07 bits per heavy atom. The van der Waals surface area contributed by atoms with Crippen LogP contribution in [0.2, 0.25) is 0 Å². The van der Waals surface area contributed by atoms with E-state index < -0.39 is 0 Å². The van der Waals surface area contributed by atoms with E-state index in [-0.39, 0.29) is 12.0 Å². The fourth-order valence-corrected chi connectivity index (χ4v) is 7.17. The van der Waals surface area contributed by atoms with Crippen LogP contribution in [0.1, 0.15) is 66.9 Å². The zero-order valence-electron chi connectivity index (χ0n) is 18.4. The van der Waals surface area contributed by atoms with Gasteiger partial charge < -0.3 is 14.5 Å². The maximum Gasteiger partial charge on any atom is 0.409 e. The van der Waals surface area contributed by atoms with E-state index in [4.69, 9.17) is 4.74 Å². The van der Waals surface area contributed by atoms with Gasteiger partial charge in [-0.2, -0.15) is 0 Å². The predicted molar refractivity (Wildman–Crippen MR) is 116 cm³/mol. The molecule has 1 aromatic rings. The van der Waals surface area contributed by atoms with Crippen LogP contribution in [0.5, 0.6) is 0 Å². The summed E-state index contributed by atoms with van der Waals surface area (Å²) in [5.74, 6) is 2.86. The van der Waals surface area contributed by atoms with E-state index in [1.807, 2.05) is 11.8 Å². The third kappa shape index (κ3) is 3.40. The second-order valence-electron chi connectivity index (χ2n) is 10.2. The first kappa shape index (κ1) is 19.9. The SMILES string of the molecule is CCOC(=O)N1CCN(C(=O)c2ccc(C34CC5CC(CC(C5)C3)C4)cc2C)CC1. The number of ether oxygens (including phenoxy) is 1. The van der Waals surface area contributed by atoms with Crippen LogP contribution in [0.25, 0.3) is 0 Å². The second kappa shape index (κ2) is 7.58. The van der Waals surface area contributed by atoms with Crippen molar-refractivity contribution in [2.75, 3.05) is 32.8 Å². The molecule has 5 nitrogen and oxygen atoms in total. The van der Waals surface area contributed by atoms with Gasteiger partial charge in [-0.15, -0.1) is 0 Å². The first-order chi connectivity index (χ1) is 14.5. The van der Waals surface area contributed by atoms with E-state index in [1.165, 1.54) is 44.1 Å². The summed E-state index contributed by atoms with van der Waals surface area (Å²) in [7, 11) is 0. The molecule has 5 fully saturated rings. The van der Waals surface area contributed by atoms with Gasteiger partial charge in [0.15, 0.2) is 0 Å². The second-order valence-corrected chi connectivity index (χ2v) is 10.2. The van der Waals surface area contributed by atoms with Crippen LogP contribution in [0, 0.1) is 24.7 Å². The average Bonchev–Trinajstić information content (AvgIpc) is 2.72. The summed E-state index contributed by atoms with van der Waals surface area (Å²) in [6.07, 6.45) is 8.12. The molecule has 1 heterocycles. The Morgan fingerprint density at radius 1 is 0.967 bits per heavy atom. The van der Waals surface area contributed by atoms with Crippen molar-refractivity contribution < 1.29 is 14.3 Å². The van der Waals surface area contributed by atoms with Crippen molar-refractivity contribution in [3.05, 3.63) is 34.9 Å². The number of piperazine rings is 1. The fraction of sp³-hybridized carbons (Fsp3) is 0.680. The third-order valence-corrected chi connectivity index (χ3v) is 8.20. The van der Waals surface area contributed by atoms with Crippen molar-refractivity contribution in [3.8, 4) is 0 Å². The lowest BCUT2D eigenvalue weighted by Gasteiger charge is -2.57. The summed E-state index contributed by atoms with van der Waals surface area (Å²) >= 11 is 0. The number of benzene rings is 1. The molecule has 6 rings (SSSR count). The number of amides is 2. The molecule has 2 amide bonds. The predicted octanol–water partition coefficient (Wildman–Crippen LogP) is 4.38. The zero-order chi connectivity index (χ0) is 20.9. The van der Waals surface area contributed by atoms with Gasteiger partial charge in [0.1, 0.15) is 0 Å². The van der Waals surface area contributed by atoms with Gasteiger partial charge in [-0.3, -0.25) is 4.79 Å². The zero-order valence-corrected chi connectivity index (χ0v) is 18.4. The molecule has 5 aliphatic rings. The number of hydrogen-bond donors (Lipinski definition) is 0. The Bertz CT molecular complexity index is 806. The lowest BCUT2D eigenvalue weighted by molar-refractivity contribution is -0.00522. The number of nitrogens with zero attached hydrogens (tertiary/aromatic N) is 2. The standard InChI is InChI=1S/C25H34N2O3/c1-3-30-24(29)27-8-6-26(7-9-27)23(28)22-5-4-21(10-17(22)2)25-14-18-11-19(15-25)13-20(12-18)16-25/h4-5,10,18-20H,3,6-9,11-16H2,1-2H3. The van der Waals surface area contributed by atoms with Gasteiger partial charge in [0.2, 0.25) is 0 Å². The molecule has 30 heavy (non-hydrogen) atoms. The van der Waals surface area contributed by atoms with Gasteiger partial charge in [0, 0.05) is 31.7 Å². The first-order valence-electron chi connectivity index (χ1n) is 11.8. The average molecular weight is 411 g/mol. The van der Waals surface area contributed by atoms with E-state index in [9.17, 15) is 9.59 Å². The monoisotopic (exact) mass is 410 g/mol. The van der Waals surface area contributed by atoms with Gasteiger partial charge in [-0.05, 0) is 92.7 Å². The van der Waals surface area contributed by atoms with Crippen molar-refractivity contribution in [2.24, 2.45) is 17.8 Å². The van der Waals surface area contributed by atoms with Gasteiger partial charge in [0.25, 0.3) is 5.91 Å². The Kier molecular flexibility index (Phi) is 5.03. The molecule has 4 aliphatic carbocycles. The van der Waals surface area contributed by atoms with Gasteiger partial charge in [0.05, 0.1) is 6.61 Å². The Balaban J connectivity index is 1.29. The van der Waals surface area contributed by atoms with Crippen LogP contribution in [-0.4, -0.2) is 54.6 Å². The summed E-state index contributed by atoms with van der Waals surface area (Å²) in [6, 6.07) is 6.64. The molecule has 0 N–H and O–H groups in total. The minimum Gasteiger partial charge on any atom is -0.450 e. The number of rotatable bonds is 3. The van der Waals surface area contributed by atoms with Crippen LogP contribution in [0.4, 0.5) is 4.79 Å². The molecule has 162 valence electrons. The van der Waals surface area contributed by atoms with E-state index in [0.29, 0.717) is 38.2 Å². The smallest absolute Gasteiger partial charge is 0.409 e. The number of hydrogen-bond acceptors (Lipinski definition) is 3. The minimum atomic E-state index is -0.277. The largest absolute Gasteiger partial charge is 0.450 e. The third-order valence-electron chi connectivity index (χ3n) is 8.20. The molecule has 5 heteroatoms. The number of carbonyl (C=O) groups excluding carboxylic acids is 2. The Morgan fingerprint density at radius 2 is 1.53 bits per heavy atom. The van der Waals surface area contributed by atoms with Crippen molar-refractivity contribution in [1.82, 2.24) is 9.80 Å².